The second-order valence-corrected chi connectivity index (χ2v) is 3.18. The zero-order valence-electron chi connectivity index (χ0n) is 4.93. The van der Waals surface area contributed by atoms with Crippen molar-refractivity contribution in [1.29, 1.82) is 0 Å². The zero-order chi connectivity index (χ0) is 8.15. The quantitative estimate of drug-likeness (QED) is 0.436. The van der Waals surface area contributed by atoms with E-state index in [1.165, 1.54) is 6.08 Å². The number of carbonyl (C=O) groups excluding carboxylic acids is 1. The van der Waals surface area contributed by atoms with Gasteiger partial charge in [0.05, 0.1) is 0 Å². The van der Waals surface area contributed by atoms with Gasteiger partial charge in [-0.3, -0.25) is 0 Å². The zero-order valence-corrected chi connectivity index (χ0v) is 8.62. The molecule has 0 saturated carbocycles. The van der Waals surface area contributed by atoms with Crippen LogP contribution in [0.3, 0.4) is 0 Å². The van der Waals surface area contributed by atoms with Crippen LogP contribution in [-0.4, -0.2) is 9.39 Å². The van der Waals surface area contributed by atoms with Crippen molar-refractivity contribution in [3.8, 4) is 0 Å². The topological polar surface area (TPSA) is 17.1 Å². The van der Waals surface area contributed by atoms with Crippen LogP contribution < -0.4 is 0 Å². The van der Waals surface area contributed by atoms with Gasteiger partial charge in [0.1, 0.15) is 0 Å². The molecule has 0 radical (unpaired) electrons. The van der Waals surface area contributed by atoms with Gasteiger partial charge in [0.2, 0.25) is 0 Å². The van der Waals surface area contributed by atoms with Gasteiger partial charge in [-0.25, -0.2) is 0 Å². The van der Waals surface area contributed by atoms with Crippen molar-refractivity contribution in [3.63, 3.8) is 0 Å². The Morgan fingerprint density at radius 1 is 1.60 bits per heavy atom. The SMILES string of the molecule is C=C(/C=C\[C](F)=[W])C(=O)Cl. The van der Waals surface area contributed by atoms with Crippen LogP contribution in [0.15, 0.2) is 24.3 Å². The molecule has 0 aromatic carbocycles. The molecule has 0 spiro atoms. The molecule has 0 atom stereocenters. The fourth-order valence-corrected chi connectivity index (χ4v) is 0.539. The Morgan fingerprint density at radius 2 is 2.10 bits per heavy atom. The molecule has 0 bridgehead atoms. The molecule has 0 heterocycles. The summed E-state index contributed by atoms with van der Waals surface area (Å²) >= 11 is 5.71. The van der Waals surface area contributed by atoms with Gasteiger partial charge < -0.3 is 0 Å². The maximum atomic E-state index is 12.0. The van der Waals surface area contributed by atoms with E-state index in [-0.39, 0.29) is 9.72 Å². The molecular formula is C6H4ClFOW. The predicted molar refractivity (Wildman–Crippen MR) is 35.3 cm³/mol. The van der Waals surface area contributed by atoms with Crippen molar-refractivity contribution in [2.24, 2.45) is 0 Å². The normalized spacial score (nSPS) is 9.80. The van der Waals surface area contributed by atoms with E-state index in [4.69, 9.17) is 11.6 Å². The first kappa shape index (κ1) is 9.93. The summed E-state index contributed by atoms with van der Waals surface area (Å²) in [5.74, 6) is 0. The fraction of sp³-hybridized carbons (Fsp3) is 0. The van der Waals surface area contributed by atoms with Gasteiger partial charge in [-0.2, -0.15) is 0 Å². The monoisotopic (exact) mass is 330 g/mol. The van der Waals surface area contributed by atoms with E-state index in [0.717, 1.165) is 6.08 Å². The number of hydrogen-bond donors (Lipinski definition) is 0. The van der Waals surface area contributed by atoms with Gasteiger partial charge in [-0.05, 0) is 0 Å². The second kappa shape index (κ2) is 4.70. The number of halogens is 2. The Morgan fingerprint density at radius 3 is 2.40 bits per heavy atom. The summed E-state index contributed by atoms with van der Waals surface area (Å²) < 4.78 is 11.7. The van der Waals surface area contributed by atoms with Crippen molar-refractivity contribution < 1.29 is 28.5 Å². The third kappa shape index (κ3) is 4.77. The molecule has 0 aliphatic rings. The molecule has 10 heavy (non-hydrogen) atoms. The standard InChI is InChI=1S/C6H4ClFO.W/c1-5(6(7)9)3-2-4-8;/h2-3H,1H2;/b3-2-;. The molecule has 0 aromatic heterocycles. The van der Waals surface area contributed by atoms with Crippen LogP contribution in [0.5, 0.6) is 0 Å². The summed E-state index contributed by atoms with van der Waals surface area (Å²) in [5.41, 5.74) is 0.0954. The first-order chi connectivity index (χ1) is 4.54. The third-order valence-corrected chi connectivity index (χ3v) is 1.40. The van der Waals surface area contributed by atoms with Crippen LogP contribution in [0.2, 0.25) is 0 Å². The van der Waals surface area contributed by atoms with E-state index in [0.29, 0.717) is 19.4 Å². The predicted octanol–water partition coefficient (Wildman–Crippen LogP) is 1.51. The summed E-state index contributed by atoms with van der Waals surface area (Å²) in [7, 11) is 0. The van der Waals surface area contributed by atoms with Crippen LogP contribution >= 0.6 is 11.6 Å². The molecule has 1 nitrogen and oxygen atoms in total. The van der Waals surface area contributed by atoms with Crippen molar-refractivity contribution >= 4 is 21.0 Å². The first-order valence-electron chi connectivity index (χ1n) is 2.30. The Hall–Kier alpha value is -0.0717. The Labute approximate surface area is 74.0 Å². The number of carbonyl (C=O) groups is 1. The van der Waals surface area contributed by atoms with Crippen molar-refractivity contribution in [1.82, 2.24) is 0 Å². The van der Waals surface area contributed by atoms with E-state index in [9.17, 15) is 9.18 Å². The Kier molecular flexibility index (Phi) is 4.67. The van der Waals surface area contributed by atoms with Crippen LogP contribution in [-0.2, 0) is 24.1 Å². The van der Waals surface area contributed by atoms with E-state index in [1.807, 2.05) is 0 Å². The van der Waals surface area contributed by atoms with Crippen LogP contribution in [0, 0.1) is 0 Å². The summed E-state index contributed by atoms with van der Waals surface area (Å²) in [6, 6.07) is 0. The van der Waals surface area contributed by atoms with Crippen molar-refractivity contribution in [3.05, 3.63) is 24.3 Å². The van der Waals surface area contributed by atoms with E-state index >= 15 is 0 Å². The Bertz CT molecular complexity index is 210. The summed E-state index contributed by atoms with van der Waals surface area (Å²) in [6.07, 6.45) is 2.41. The molecule has 0 fully saturated rings. The molecule has 0 saturated heterocycles. The van der Waals surface area contributed by atoms with E-state index in [1.54, 1.807) is 0 Å². The first-order valence-corrected chi connectivity index (χ1v) is 4.15. The van der Waals surface area contributed by atoms with Gasteiger partial charge >= 0.3 is 73.8 Å². The molecule has 0 amide bonds. The van der Waals surface area contributed by atoms with Crippen LogP contribution in [0.25, 0.3) is 0 Å². The molecule has 54 valence electrons. The molecule has 0 rings (SSSR count). The number of hydrogen-bond acceptors (Lipinski definition) is 1. The third-order valence-electron chi connectivity index (χ3n) is 0.668. The number of allylic oxidation sites excluding steroid dienone is 3. The van der Waals surface area contributed by atoms with Gasteiger partial charge in [-0.1, -0.05) is 0 Å². The average molecular weight is 330 g/mol. The number of rotatable bonds is 3. The van der Waals surface area contributed by atoms with Crippen molar-refractivity contribution in [2.45, 2.75) is 0 Å². The Balaban J connectivity index is 4.03. The second-order valence-electron chi connectivity index (χ2n) is 1.44. The molecule has 4 heteroatoms. The molecule has 0 aliphatic heterocycles. The van der Waals surface area contributed by atoms with Crippen LogP contribution in [0.1, 0.15) is 0 Å². The minimum atomic E-state index is -0.660. The summed E-state index contributed by atoms with van der Waals surface area (Å²) in [5, 5.41) is -0.660. The molecular weight excluding hydrogens is 326 g/mol. The van der Waals surface area contributed by atoms with Crippen molar-refractivity contribution in [2.75, 3.05) is 0 Å². The van der Waals surface area contributed by atoms with Gasteiger partial charge in [0, 0.05) is 0 Å². The summed E-state index contributed by atoms with van der Waals surface area (Å²) in [4.78, 5) is 10.2. The summed E-state index contributed by atoms with van der Waals surface area (Å²) in [6.45, 7) is 3.29. The molecule has 0 aromatic rings. The van der Waals surface area contributed by atoms with Gasteiger partial charge in [0.25, 0.3) is 0 Å². The minimum absolute atomic E-state index is 0.0954. The van der Waals surface area contributed by atoms with Crippen LogP contribution in [0.4, 0.5) is 4.39 Å². The van der Waals surface area contributed by atoms with Gasteiger partial charge in [-0.15, -0.1) is 0 Å². The van der Waals surface area contributed by atoms with E-state index in [2.05, 4.69) is 6.58 Å². The molecule has 0 unspecified atom stereocenters. The average Bonchev–Trinajstić information content (AvgIpc) is 1.82. The maximum absolute atomic E-state index is 12.0. The fourth-order valence-electron chi connectivity index (χ4n) is 0.232. The van der Waals surface area contributed by atoms with Gasteiger partial charge in [0.15, 0.2) is 0 Å². The molecule has 0 aliphatic carbocycles. The molecule has 0 N–H and O–H groups in total. The van der Waals surface area contributed by atoms with E-state index < -0.39 is 5.24 Å².